The highest BCUT2D eigenvalue weighted by Crippen LogP contribution is 2.28. The lowest BCUT2D eigenvalue weighted by atomic mass is 10.3. The molecule has 0 saturated carbocycles. The van der Waals surface area contributed by atoms with Crippen molar-refractivity contribution in [3.05, 3.63) is 34.8 Å². The van der Waals surface area contributed by atoms with Crippen LogP contribution < -0.4 is 9.88 Å². The molecule has 2 N–H and O–H groups in total. The van der Waals surface area contributed by atoms with Crippen molar-refractivity contribution in [1.82, 2.24) is 14.8 Å². The molecule has 0 amide bonds. The van der Waals surface area contributed by atoms with Crippen LogP contribution in [-0.4, -0.2) is 23.2 Å². The van der Waals surface area contributed by atoms with E-state index < -0.39 is 10.0 Å². The van der Waals surface area contributed by atoms with Gasteiger partial charge in [-0.3, -0.25) is 0 Å². The lowest BCUT2D eigenvalue weighted by molar-refractivity contribution is 0.280. The van der Waals surface area contributed by atoms with Crippen molar-refractivity contribution in [1.29, 1.82) is 0 Å². The highest BCUT2D eigenvalue weighted by molar-refractivity contribution is 9.10. The summed E-state index contributed by atoms with van der Waals surface area (Å²) in [6.07, 6.45) is 1.47. The first-order chi connectivity index (χ1) is 9.79. The van der Waals surface area contributed by atoms with Crippen LogP contribution in [0.2, 0.25) is 0 Å². The van der Waals surface area contributed by atoms with Crippen LogP contribution >= 0.6 is 15.9 Å². The smallest absolute Gasteiger partial charge is 0.238 e. The van der Waals surface area contributed by atoms with Gasteiger partial charge in [0.05, 0.1) is 9.37 Å². The van der Waals surface area contributed by atoms with E-state index >= 15 is 0 Å². The number of aromatic nitrogens is 3. The van der Waals surface area contributed by atoms with Gasteiger partial charge in [-0.25, -0.2) is 23.2 Å². The monoisotopic (exact) mass is 374 g/mol. The van der Waals surface area contributed by atoms with E-state index in [1.165, 1.54) is 18.5 Å². The van der Waals surface area contributed by atoms with Crippen LogP contribution in [0, 0.1) is 0 Å². The van der Waals surface area contributed by atoms with Gasteiger partial charge in [-0.15, -0.1) is 0 Å². The number of hydrogen-bond acceptors (Lipinski definition) is 5. The van der Waals surface area contributed by atoms with E-state index in [0.29, 0.717) is 16.0 Å². The maximum absolute atomic E-state index is 11.3. The van der Waals surface area contributed by atoms with Crippen molar-refractivity contribution in [2.45, 2.75) is 31.4 Å². The fourth-order valence-electron chi connectivity index (χ4n) is 1.73. The summed E-state index contributed by atoms with van der Waals surface area (Å²) in [6.45, 7) is 4.22. The summed E-state index contributed by atoms with van der Waals surface area (Å²) in [6, 6.07) is 4.51. The Labute approximate surface area is 131 Å². The van der Waals surface area contributed by atoms with Crippen LogP contribution in [0.25, 0.3) is 0 Å². The van der Waals surface area contributed by atoms with E-state index in [2.05, 4.69) is 26.0 Å². The number of rotatable bonds is 5. The lowest BCUT2D eigenvalue weighted by Gasteiger charge is -2.11. The third-order valence-electron chi connectivity index (χ3n) is 2.73. The average Bonchev–Trinajstić information content (AvgIpc) is 2.84. The van der Waals surface area contributed by atoms with Crippen LogP contribution in [0.1, 0.15) is 25.7 Å². The van der Waals surface area contributed by atoms with Gasteiger partial charge in [0.2, 0.25) is 10.0 Å². The van der Waals surface area contributed by atoms with E-state index in [1.807, 2.05) is 13.8 Å². The Morgan fingerprint density at radius 2 is 2.14 bits per heavy atom. The first-order valence-electron chi connectivity index (χ1n) is 6.12. The molecule has 114 valence electrons. The first kappa shape index (κ1) is 15.9. The maximum Gasteiger partial charge on any atom is 0.238 e. The van der Waals surface area contributed by atoms with Gasteiger partial charge < -0.3 is 4.74 Å². The normalized spacial score (nSPS) is 11.9. The van der Waals surface area contributed by atoms with Gasteiger partial charge in [0.15, 0.2) is 5.82 Å². The van der Waals surface area contributed by atoms with Crippen LogP contribution in [0.15, 0.2) is 33.9 Å². The van der Waals surface area contributed by atoms with E-state index in [-0.39, 0.29) is 17.5 Å². The SMILES string of the molecule is CC(C)n1ncnc1COc1ccc(S(N)(=O)=O)cc1Br. The molecular weight excluding hydrogens is 360 g/mol. The zero-order valence-corrected chi connectivity index (χ0v) is 13.9. The number of benzene rings is 1. The van der Waals surface area contributed by atoms with Crippen molar-refractivity contribution >= 4 is 26.0 Å². The van der Waals surface area contributed by atoms with Gasteiger partial charge in [-0.05, 0) is 48.0 Å². The largest absolute Gasteiger partial charge is 0.484 e. The molecule has 2 rings (SSSR count). The summed E-state index contributed by atoms with van der Waals surface area (Å²) in [5.74, 6) is 1.19. The van der Waals surface area contributed by atoms with E-state index in [0.717, 1.165) is 0 Å². The molecule has 0 bridgehead atoms. The summed E-state index contributed by atoms with van der Waals surface area (Å²) in [5.41, 5.74) is 0. The van der Waals surface area contributed by atoms with Gasteiger partial charge in [0.1, 0.15) is 18.7 Å². The predicted molar refractivity (Wildman–Crippen MR) is 80.3 cm³/mol. The number of halogens is 1. The topological polar surface area (TPSA) is 100 Å². The standard InChI is InChI=1S/C12H15BrN4O3S/c1-8(2)17-12(15-7-16-17)6-20-11-4-3-9(5-10(11)13)21(14,18)19/h3-5,7-8H,6H2,1-2H3,(H2,14,18,19). The molecule has 0 atom stereocenters. The van der Waals surface area contributed by atoms with Gasteiger partial charge in [0, 0.05) is 6.04 Å². The zero-order valence-electron chi connectivity index (χ0n) is 11.5. The summed E-state index contributed by atoms with van der Waals surface area (Å²) in [5, 5.41) is 9.18. The predicted octanol–water partition coefficient (Wildman–Crippen LogP) is 1.85. The summed E-state index contributed by atoms with van der Waals surface area (Å²) in [7, 11) is -3.73. The Morgan fingerprint density at radius 3 is 2.71 bits per heavy atom. The number of hydrogen-bond donors (Lipinski definition) is 1. The number of sulfonamides is 1. The minimum absolute atomic E-state index is 0.0204. The molecule has 0 aliphatic rings. The minimum Gasteiger partial charge on any atom is -0.484 e. The molecule has 1 heterocycles. The van der Waals surface area contributed by atoms with Crippen molar-refractivity contribution in [3.63, 3.8) is 0 Å². The molecule has 1 aromatic carbocycles. The molecule has 7 nitrogen and oxygen atoms in total. The number of ether oxygens (including phenoxy) is 1. The lowest BCUT2D eigenvalue weighted by Crippen LogP contribution is -2.12. The highest BCUT2D eigenvalue weighted by atomic mass is 79.9. The zero-order chi connectivity index (χ0) is 15.6. The molecule has 0 saturated heterocycles. The number of nitrogens with two attached hydrogens (primary N) is 1. The van der Waals surface area contributed by atoms with E-state index in [4.69, 9.17) is 9.88 Å². The van der Waals surface area contributed by atoms with Crippen molar-refractivity contribution in [2.24, 2.45) is 5.14 Å². The Kier molecular flexibility index (Phi) is 4.64. The molecule has 0 unspecified atom stereocenters. The first-order valence-corrected chi connectivity index (χ1v) is 8.46. The maximum atomic E-state index is 11.3. The molecule has 0 radical (unpaired) electrons. The Balaban J connectivity index is 2.16. The quantitative estimate of drug-likeness (QED) is 0.860. The summed E-state index contributed by atoms with van der Waals surface area (Å²) in [4.78, 5) is 4.16. The number of primary sulfonamides is 1. The second kappa shape index (κ2) is 6.12. The van der Waals surface area contributed by atoms with E-state index in [9.17, 15) is 8.42 Å². The number of nitrogens with zero attached hydrogens (tertiary/aromatic N) is 3. The highest BCUT2D eigenvalue weighted by Gasteiger charge is 2.13. The summed E-state index contributed by atoms with van der Waals surface area (Å²) < 4.78 is 30.4. The molecule has 21 heavy (non-hydrogen) atoms. The van der Waals surface area contributed by atoms with Crippen molar-refractivity contribution < 1.29 is 13.2 Å². The molecular formula is C12H15BrN4O3S. The molecule has 1 aromatic heterocycles. The van der Waals surface area contributed by atoms with E-state index in [1.54, 1.807) is 10.7 Å². The van der Waals surface area contributed by atoms with Crippen LogP contribution in [-0.2, 0) is 16.6 Å². The third kappa shape index (κ3) is 3.80. The van der Waals surface area contributed by atoms with Crippen molar-refractivity contribution in [2.75, 3.05) is 0 Å². The average molecular weight is 375 g/mol. The van der Waals surface area contributed by atoms with Gasteiger partial charge >= 0.3 is 0 Å². The van der Waals surface area contributed by atoms with Crippen LogP contribution in [0.4, 0.5) is 0 Å². The second-order valence-electron chi connectivity index (χ2n) is 4.64. The molecule has 2 aromatic rings. The fourth-order valence-corrected chi connectivity index (χ4v) is 2.91. The Morgan fingerprint density at radius 1 is 1.43 bits per heavy atom. The van der Waals surface area contributed by atoms with Crippen molar-refractivity contribution in [3.8, 4) is 5.75 Å². The molecule has 0 aliphatic carbocycles. The summed E-state index contributed by atoms with van der Waals surface area (Å²) >= 11 is 3.26. The van der Waals surface area contributed by atoms with Gasteiger partial charge in [-0.2, -0.15) is 5.10 Å². The van der Waals surface area contributed by atoms with Crippen LogP contribution in [0.3, 0.4) is 0 Å². The van der Waals surface area contributed by atoms with Crippen LogP contribution in [0.5, 0.6) is 5.75 Å². The van der Waals surface area contributed by atoms with Gasteiger partial charge in [-0.1, -0.05) is 0 Å². The molecule has 0 aliphatic heterocycles. The molecule has 0 fully saturated rings. The molecule has 9 heteroatoms. The Bertz CT molecular complexity index is 743. The Hall–Kier alpha value is -1.45. The third-order valence-corrected chi connectivity index (χ3v) is 4.26. The fraction of sp³-hybridized carbons (Fsp3) is 0.333. The molecule has 0 spiro atoms. The van der Waals surface area contributed by atoms with Gasteiger partial charge in [0.25, 0.3) is 0 Å². The second-order valence-corrected chi connectivity index (χ2v) is 7.06. The minimum atomic E-state index is -3.73.